The minimum Gasteiger partial charge on any atom is -0.292 e. The van der Waals surface area contributed by atoms with Crippen LogP contribution in [-0.2, 0) is 0 Å². The van der Waals surface area contributed by atoms with Crippen molar-refractivity contribution in [2.45, 2.75) is 20.3 Å². The predicted octanol–water partition coefficient (Wildman–Crippen LogP) is 3.07. The van der Waals surface area contributed by atoms with Gasteiger partial charge >= 0.3 is 0 Å². The first-order valence-corrected chi connectivity index (χ1v) is 5.10. The third-order valence-corrected chi connectivity index (χ3v) is 2.69. The molecule has 13 heavy (non-hydrogen) atoms. The van der Waals surface area contributed by atoms with Crippen molar-refractivity contribution in [1.82, 2.24) is 4.98 Å². The number of nitrogens with zero attached hydrogens (tertiary/aromatic N) is 1. The highest BCUT2D eigenvalue weighted by Crippen LogP contribution is 2.18. The highest BCUT2D eigenvalue weighted by atomic mass is 79.9. The van der Waals surface area contributed by atoms with Gasteiger partial charge in [0.05, 0.1) is 0 Å². The van der Waals surface area contributed by atoms with Crippen LogP contribution in [0.2, 0.25) is 0 Å². The van der Waals surface area contributed by atoms with E-state index in [0.717, 1.165) is 10.9 Å². The molecule has 2 nitrogen and oxygen atoms in total. The Bertz CT molecular complexity index is 312. The van der Waals surface area contributed by atoms with E-state index in [2.05, 4.69) is 20.9 Å². The van der Waals surface area contributed by atoms with Gasteiger partial charge in [-0.05, 0) is 34.5 Å². The van der Waals surface area contributed by atoms with Crippen molar-refractivity contribution in [2.75, 3.05) is 0 Å². The van der Waals surface area contributed by atoms with E-state index in [1.807, 2.05) is 19.9 Å². The Morgan fingerprint density at radius 3 is 2.92 bits per heavy atom. The normalized spacial score (nSPS) is 12.5. The summed E-state index contributed by atoms with van der Waals surface area (Å²) in [7, 11) is 0. The first-order valence-electron chi connectivity index (χ1n) is 4.31. The standard InChI is InChI=1S/C10H12BrNO/c1-3-7(2)10(13)9-8(11)5-4-6-12-9/h4-7H,3H2,1-2H3. The van der Waals surface area contributed by atoms with Gasteiger partial charge in [0.15, 0.2) is 5.78 Å². The molecule has 1 aromatic rings. The molecule has 1 unspecified atom stereocenters. The minimum absolute atomic E-state index is 0.0474. The van der Waals surface area contributed by atoms with Gasteiger partial charge in [0.25, 0.3) is 0 Å². The van der Waals surface area contributed by atoms with Crippen molar-refractivity contribution < 1.29 is 4.79 Å². The molecule has 1 rings (SSSR count). The van der Waals surface area contributed by atoms with Gasteiger partial charge in [0.1, 0.15) is 5.69 Å². The Hall–Kier alpha value is -0.700. The highest BCUT2D eigenvalue weighted by molar-refractivity contribution is 9.10. The number of Topliss-reactive ketones (excluding diaryl/α,β-unsaturated/α-hetero) is 1. The summed E-state index contributed by atoms with van der Waals surface area (Å²) in [5.41, 5.74) is 0.539. The Kier molecular flexibility index (Phi) is 3.60. The summed E-state index contributed by atoms with van der Waals surface area (Å²) in [6, 6.07) is 3.64. The van der Waals surface area contributed by atoms with Crippen molar-refractivity contribution in [1.29, 1.82) is 0 Å². The molecule has 1 heterocycles. The van der Waals surface area contributed by atoms with Crippen LogP contribution in [-0.4, -0.2) is 10.8 Å². The fourth-order valence-corrected chi connectivity index (χ4v) is 1.44. The number of hydrogen-bond acceptors (Lipinski definition) is 2. The zero-order valence-electron chi connectivity index (χ0n) is 7.75. The zero-order chi connectivity index (χ0) is 9.84. The molecule has 0 fully saturated rings. The van der Waals surface area contributed by atoms with Crippen molar-refractivity contribution in [3.63, 3.8) is 0 Å². The van der Waals surface area contributed by atoms with Gasteiger partial charge in [0.2, 0.25) is 0 Å². The number of aromatic nitrogens is 1. The molecule has 0 spiro atoms. The SMILES string of the molecule is CCC(C)C(=O)c1ncccc1Br. The van der Waals surface area contributed by atoms with E-state index < -0.39 is 0 Å². The van der Waals surface area contributed by atoms with Crippen molar-refractivity contribution in [2.24, 2.45) is 5.92 Å². The van der Waals surface area contributed by atoms with Crippen LogP contribution < -0.4 is 0 Å². The molecule has 0 saturated carbocycles. The molecule has 0 aromatic carbocycles. The van der Waals surface area contributed by atoms with Crippen LogP contribution in [0.4, 0.5) is 0 Å². The highest BCUT2D eigenvalue weighted by Gasteiger charge is 2.16. The van der Waals surface area contributed by atoms with Gasteiger partial charge in [0, 0.05) is 16.6 Å². The van der Waals surface area contributed by atoms with E-state index in [4.69, 9.17) is 0 Å². The first-order chi connectivity index (χ1) is 6.16. The molecule has 1 atom stereocenters. The summed E-state index contributed by atoms with van der Waals surface area (Å²) >= 11 is 3.31. The largest absolute Gasteiger partial charge is 0.292 e. The van der Waals surface area contributed by atoms with Gasteiger partial charge in [-0.3, -0.25) is 9.78 Å². The number of ketones is 1. The summed E-state index contributed by atoms with van der Waals surface area (Å²) in [4.78, 5) is 15.8. The fourth-order valence-electron chi connectivity index (χ4n) is 0.986. The summed E-state index contributed by atoms with van der Waals surface area (Å²) in [6.45, 7) is 3.92. The molecule has 1 aromatic heterocycles. The molecule has 0 N–H and O–H groups in total. The van der Waals surface area contributed by atoms with E-state index in [9.17, 15) is 4.79 Å². The topological polar surface area (TPSA) is 30.0 Å². The van der Waals surface area contributed by atoms with Crippen LogP contribution in [0, 0.1) is 5.92 Å². The average Bonchev–Trinajstić information content (AvgIpc) is 2.16. The van der Waals surface area contributed by atoms with E-state index in [-0.39, 0.29) is 11.7 Å². The predicted molar refractivity (Wildman–Crippen MR) is 55.7 cm³/mol. The van der Waals surface area contributed by atoms with Crippen molar-refractivity contribution in [3.8, 4) is 0 Å². The van der Waals surface area contributed by atoms with Gasteiger partial charge in [-0.2, -0.15) is 0 Å². The summed E-state index contributed by atoms with van der Waals surface area (Å²) < 4.78 is 0.778. The molecule has 3 heteroatoms. The van der Waals surface area contributed by atoms with Crippen LogP contribution in [0.25, 0.3) is 0 Å². The Labute approximate surface area is 86.5 Å². The lowest BCUT2D eigenvalue weighted by molar-refractivity contribution is 0.0921. The smallest absolute Gasteiger partial charge is 0.185 e. The van der Waals surface area contributed by atoms with E-state index in [1.54, 1.807) is 12.3 Å². The number of halogens is 1. The molecular formula is C10H12BrNO. The van der Waals surface area contributed by atoms with Gasteiger partial charge in [-0.1, -0.05) is 13.8 Å². The van der Waals surface area contributed by atoms with Crippen LogP contribution in [0.1, 0.15) is 30.8 Å². The fraction of sp³-hybridized carbons (Fsp3) is 0.400. The van der Waals surface area contributed by atoms with Gasteiger partial charge in [-0.25, -0.2) is 0 Å². The zero-order valence-corrected chi connectivity index (χ0v) is 9.34. The number of carbonyl (C=O) groups is 1. The number of pyridine rings is 1. The Morgan fingerprint density at radius 2 is 2.38 bits per heavy atom. The summed E-state index contributed by atoms with van der Waals surface area (Å²) in [5, 5.41) is 0. The van der Waals surface area contributed by atoms with Gasteiger partial charge < -0.3 is 0 Å². The molecule has 0 radical (unpaired) electrons. The maximum atomic E-state index is 11.7. The first kappa shape index (κ1) is 10.4. The number of hydrogen-bond donors (Lipinski definition) is 0. The van der Waals surface area contributed by atoms with Crippen LogP contribution in [0.3, 0.4) is 0 Å². The Morgan fingerprint density at radius 1 is 1.69 bits per heavy atom. The summed E-state index contributed by atoms with van der Waals surface area (Å²) in [5.74, 6) is 0.154. The van der Waals surface area contributed by atoms with E-state index in [1.165, 1.54) is 0 Å². The molecular weight excluding hydrogens is 230 g/mol. The monoisotopic (exact) mass is 241 g/mol. The van der Waals surface area contributed by atoms with Crippen LogP contribution >= 0.6 is 15.9 Å². The second kappa shape index (κ2) is 4.51. The average molecular weight is 242 g/mol. The molecule has 0 amide bonds. The van der Waals surface area contributed by atoms with E-state index in [0.29, 0.717) is 5.69 Å². The molecule has 0 bridgehead atoms. The number of rotatable bonds is 3. The van der Waals surface area contributed by atoms with Crippen LogP contribution in [0.5, 0.6) is 0 Å². The molecule has 0 aliphatic rings. The Balaban J connectivity index is 2.95. The maximum absolute atomic E-state index is 11.7. The summed E-state index contributed by atoms with van der Waals surface area (Å²) in [6.07, 6.45) is 2.49. The van der Waals surface area contributed by atoms with E-state index >= 15 is 0 Å². The lowest BCUT2D eigenvalue weighted by Crippen LogP contribution is -2.12. The van der Waals surface area contributed by atoms with Gasteiger partial charge in [-0.15, -0.1) is 0 Å². The lowest BCUT2D eigenvalue weighted by Gasteiger charge is -2.07. The molecule has 0 aliphatic heterocycles. The quantitative estimate of drug-likeness (QED) is 0.762. The second-order valence-corrected chi connectivity index (χ2v) is 3.86. The third kappa shape index (κ3) is 2.37. The number of carbonyl (C=O) groups excluding carboxylic acids is 1. The maximum Gasteiger partial charge on any atom is 0.185 e. The lowest BCUT2D eigenvalue weighted by atomic mass is 10.0. The third-order valence-electron chi connectivity index (χ3n) is 2.05. The molecule has 70 valence electrons. The van der Waals surface area contributed by atoms with Crippen LogP contribution in [0.15, 0.2) is 22.8 Å². The molecule has 0 aliphatic carbocycles. The minimum atomic E-state index is 0.0474. The molecule has 0 saturated heterocycles. The second-order valence-electron chi connectivity index (χ2n) is 3.01. The van der Waals surface area contributed by atoms with Crippen molar-refractivity contribution >= 4 is 21.7 Å². The van der Waals surface area contributed by atoms with Crippen molar-refractivity contribution in [3.05, 3.63) is 28.5 Å².